The van der Waals surface area contributed by atoms with Crippen molar-refractivity contribution in [2.24, 2.45) is 0 Å². The molecule has 2 aromatic carbocycles. The molecule has 5 aromatic rings. The highest BCUT2D eigenvalue weighted by Crippen LogP contribution is 2.42. The van der Waals surface area contributed by atoms with E-state index in [4.69, 9.17) is 9.97 Å². The summed E-state index contributed by atoms with van der Waals surface area (Å²) in [5.41, 5.74) is 10.7. The van der Waals surface area contributed by atoms with Gasteiger partial charge in [-0.05, 0) is 103 Å². The number of aromatic hydroxyl groups is 2. The first kappa shape index (κ1) is 48.7. The van der Waals surface area contributed by atoms with Gasteiger partial charge in [0.25, 0.3) is 0 Å². The van der Waals surface area contributed by atoms with Crippen molar-refractivity contribution in [3.05, 3.63) is 107 Å². The van der Waals surface area contributed by atoms with E-state index < -0.39 is 12.2 Å². The Morgan fingerprint density at radius 2 is 0.833 bits per heavy atom. The summed E-state index contributed by atoms with van der Waals surface area (Å²) in [7, 11) is 0. The zero-order chi connectivity index (χ0) is 46.1. The SMILES string of the molecule is CCCCCCCCCCCCCc1c2nc(c(-c3cccc(O)c3)c3ccc([nH]3)c(-c3cccc(O)c3)c3nc(c(CCCCCCCCCCCCC)c4ccc1[nH]4)C(O)C3O)C=C2. The Morgan fingerprint density at radius 1 is 0.424 bits per heavy atom. The van der Waals surface area contributed by atoms with E-state index in [1.54, 1.807) is 30.3 Å². The largest absolute Gasteiger partial charge is 0.508 e. The van der Waals surface area contributed by atoms with E-state index in [1.165, 1.54) is 116 Å². The van der Waals surface area contributed by atoms with Crippen LogP contribution in [0.2, 0.25) is 0 Å². The van der Waals surface area contributed by atoms with Crippen LogP contribution in [-0.4, -0.2) is 40.4 Å². The molecular formula is C58H76N4O4. The highest BCUT2D eigenvalue weighted by molar-refractivity contribution is 5.94. The van der Waals surface area contributed by atoms with Gasteiger partial charge in [-0.1, -0.05) is 167 Å². The van der Waals surface area contributed by atoms with Crippen molar-refractivity contribution in [2.75, 3.05) is 0 Å². The van der Waals surface area contributed by atoms with E-state index >= 15 is 0 Å². The van der Waals surface area contributed by atoms with E-state index in [9.17, 15) is 20.4 Å². The molecular weight excluding hydrogens is 817 g/mol. The first-order valence-corrected chi connectivity index (χ1v) is 25.8. The van der Waals surface area contributed by atoms with Crippen molar-refractivity contribution >= 4 is 34.2 Å². The molecule has 0 fully saturated rings. The summed E-state index contributed by atoms with van der Waals surface area (Å²) >= 11 is 0. The van der Waals surface area contributed by atoms with Crippen molar-refractivity contribution in [1.29, 1.82) is 0 Å². The summed E-state index contributed by atoms with van der Waals surface area (Å²) in [4.78, 5) is 18.0. The molecule has 0 radical (unpaired) electrons. The molecule has 2 atom stereocenters. The van der Waals surface area contributed by atoms with Crippen molar-refractivity contribution in [3.8, 4) is 33.8 Å². The lowest BCUT2D eigenvalue weighted by atomic mass is 9.97. The van der Waals surface area contributed by atoms with Gasteiger partial charge < -0.3 is 30.4 Å². The van der Waals surface area contributed by atoms with Crippen molar-refractivity contribution in [2.45, 2.75) is 180 Å². The molecule has 0 spiro atoms. The number of aliphatic hydroxyl groups excluding tert-OH is 2. The van der Waals surface area contributed by atoms with Gasteiger partial charge in [0.15, 0.2) is 0 Å². The molecule has 0 amide bonds. The summed E-state index contributed by atoms with van der Waals surface area (Å²) in [6, 6.07) is 22.4. The Bertz CT molecular complexity index is 2520. The van der Waals surface area contributed by atoms with Crippen molar-refractivity contribution in [1.82, 2.24) is 19.9 Å². The molecule has 0 aliphatic carbocycles. The topological polar surface area (TPSA) is 138 Å². The number of aromatic nitrogens is 4. The van der Waals surface area contributed by atoms with Gasteiger partial charge in [-0.2, -0.15) is 0 Å². The summed E-state index contributed by atoms with van der Waals surface area (Å²) in [5.74, 6) is 0.237. The molecule has 2 aliphatic rings. The van der Waals surface area contributed by atoms with Crippen LogP contribution in [0.3, 0.4) is 0 Å². The summed E-state index contributed by atoms with van der Waals surface area (Å²) < 4.78 is 0. The maximum Gasteiger partial charge on any atom is 0.128 e. The number of fused-ring (bicyclic) bond motifs is 8. The maximum atomic E-state index is 12.1. The number of nitrogens with one attached hydrogen (secondary N) is 2. The molecule has 0 saturated heterocycles. The average molecular weight is 893 g/mol. The quantitative estimate of drug-likeness (QED) is 0.0300. The number of phenols is 2. The smallest absolute Gasteiger partial charge is 0.128 e. The molecule has 8 heteroatoms. The zero-order valence-electron chi connectivity index (χ0n) is 39.9. The van der Waals surface area contributed by atoms with Gasteiger partial charge in [-0.15, -0.1) is 0 Å². The molecule has 8 nitrogen and oxygen atoms in total. The summed E-state index contributed by atoms with van der Waals surface area (Å²) in [6.45, 7) is 4.54. The molecule has 352 valence electrons. The van der Waals surface area contributed by atoms with Gasteiger partial charge >= 0.3 is 0 Å². The highest BCUT2D eigenvalue weighted by Gasteiger charge is 2.34. The first-order valence-electron chi connectivity index (χ1n) is 25.8. The molecule has 8 bridgehead atoms. The fourth-order valence-electron chi connectivity index (χ4n) is 10.1. The Labute approximate surface area is 393 Å². The fraction of sp³-hybridized carbons (Fsp3) is 0.483. The van der Waals surface area contributed by atoms with Gasteiger partial charge in [0, 0.05) is 38.8 Å². The zero-order valence-corrected chi connectivity index (χ0v) is 39.9. The number of hydrogen-bond acceptors (Lipinski definition) is 6. The maximum absolute atomic E-state index is 12.1. The second-order valence-electron chi connectivity index (χ2n) is 18.9. The van der Waals surface area contributed by atoms with E-state index in [-0.39, 0.29) is 11.5 Å². The Kier molecular flexibility index (Phi) is 18.5. The predicted octanol–water partition coefficient (Wildman–Crippen LogP) is 15.7. The van der Waals surface area contributed by atoms with Gasteiger partial charge in [0.05, 0.1) is 22.8 Å². The van der Waals surface area contributed by atoms with Crippen LogP contribution in [-0.2, 0) is 12.8 Å². The number of aromatic amines is 2. The highest BCUT2D eigenvalue weighted by atomic mass is 16.3. The van der Waals surface area contributed by atoms with Crippen LogP contribution in [0, 0.1) is 0 Å². The minimum absolute atomic E-state index is 0.0835. The number of aryl methyl sites for hydroxylation is 2. The van der Waals surface area contributed by atoms with Crippen LogP contribution >= 0.6 is 0 Å². The van der Waals surface area contributed by atoms with Crippen LogP contribution in [0.25, 0.3) is 56.5 Å². The van der Waals surface area contributed by atoms with E-state index in [0.717, 1.165) is 82.3 Å². The lowest BCUT2D eigenvalue weighted by Gasteiger charge is -2.13. The molecule has 7 rings (SSSR count). The molecule has 0 saturated carbocycles. The second kappa shape index (κ2) is 25.1. The number of phenolic OH excluding ortho intramolecular Hbond substituents is 2. The van der Waals surface area contributed by atoms with Gasteiger partial charge in [-0.25, -0.2) is 4.98 Å². The number of rotatable bonds is 26. The van der Waals surface area contributed by atoms with Crippen LogP contribution in [0.1, 0.15) is 201 Å². The molecule has 6 N–H and O–H groups in total. The van der Waals surface area contributed by atoms with Crippen LogP contribution < -0.4 is 0 Å². The molecule has 66 heavy (non-hydrogen) atoms. The Morgan fingerprint density at radius 3 is 1.36 bits per heavy atom. The van der Waals surface area contributed by atoms with Gasteiger partial charge in [0.2, 0.25) is 0 Å². The third-order valence-electron chi connectivity index (χ3n) is 13.8. The molecule has 2 aliphatic heterocycles. The normalized spacial score (nSPS) is 14.7. The summed E-state index contributed by atoms with van der Waals surface area (Å²) in [6.07, 6.45) is 30.9. The van der Waals surface area contributed by atoms with Crippen LogP contribution in [0.4, 0.5) is 0 Å². The third-order valence-corrected chi connectivity index (χ3v) is 13.8. The second-order valence-corrected chi connectivity index (χ2v) is 18.9. The minimum atomic E-state index is -1.31. The standard InChI is InChI=1S/C58H76N4O4/c1-3-5-7-9-11-13-15-17-19-21-23-31-45-47-33-34-49(59-47)46(32-24-22-20-18-16-14-12-10-8-6-4-2)55-57(65)58(66)56(62-55)54(42-28-26-30-44(64)40-42)52-38-37-51(61-52)53(50-36-35-48(45)60-50)41-27-25-29-43(63)39-41/h25-30,33-40,57-59,61,63-66H,3-24,31-32H2,1-2H3. The Hall–Kier alpha value is -5.18. The Balaban J connectivity index is 1.31. The molecule has 5 heterocycles. The summed E-state index contributed by atoms with van der Waals surface area (Å²) in [5, 5.41) is 45.5. The number of benzene rings is 2. The van der Waals surface area contributed by atoms with Crippen molar-refractivity contribution in [3.63, 3.8) is 0 Å². The van der Waals surface area contributed by atoms with Gasteiger partial charge in [0.1, 0.15) is 23.7 Å². The molecule has 2 unspecified atom stereocenters. The van der Waals surface area contributed by atoms with Crippen molar-refractivity contribution < 1.29 is 20.4 Å². The first-order chi connectivity index (χ1) is 32.4. The number of unbranched alkanes of at least 4 members (excludes halogenated alkanes) is 20. The lowest BCUT2D eigenvalue weighted by Crippen LogP contribution is -2.06. The monoisotopic (exact) mass is 893 g/mol. The minimum Gasteiger partial charge on any atom is -0.508 e. The van der Waals surface area contributed by atoms with Crippen LogP contribution in [0.5, 0.6) is 11.5 Å². The number of hydrogen-bond donors (Lipinski definition) is 6. The third kappa shape index (κ3) is 12.8. The van der Waals surface area contributed by atoms with E-state index in [0.29, 0.717) is 34.5 Å². The number of aliphatic hydroxyl groups is 2. The van der Waals surface area contributed by atoms with E-state index in [2.05, 4.69) is 48.1 Å². The lowest BCUT2D eigenvalue weighted by molar-refractivity contribution is 0.0252. The fourth-order valence-corrected chi connectivity index (χ4v) is 10.1. The predicted molar refractivity (Wildman–Crippen MR) is 274 cm³/mol. The number of H-pyrrole nitrogens is 2. The van der Waals surface area contributed by atoms with Gasteiger partial charge in [-0.3, -0.25) is 4.98 Å². The van der Waals surface area contributed by atoms with E-state index in [1.807, 2.05) is 30.3 Å². The number of nitrogens with zero attached hydrogens (tertiary/aromatic N) is 2. The average Bonchev–Trinajstić information content (AvgIpc) is 4.15. The molecule has 3 aromatic heterocycles. The van der Waals surface area contributed by atoms with Crippen LogP contribution in [0.15, 0.2) is 72.8 Å².